The topological polar surface area (TPSA) is 43.4 Å². The lowest BCUT2D eigenvalue weighted by Crippen LogP contribution is -2.22. The van der Waals surface area contributed by atoms with Crippen LogP contribution in [0.3, 0.4) is 0 Å². The van der Waals surface area contributed by atoms with Crippen molar-refractivity contribution in [2.45, 2.75) is 25.5 Å². The molecule has 1 aromatic carbocycles. The third kappa shape index (κ3) is 2.73. The van der Waals surface area contributed by atoms with Crippen LogP contribution in [0.15, 0.2) is 30.3 Å². The predicted octanol–water partition coefficient (Wildman–Crippen LogP) is 2.19. The quantitative estimate of drug-likeness (QED) is 0.722. The Balaban J connectivity index is 2.79. The highest BCUT2D eigenvalue weighted by atomic mass is 32.2. The molecule has 3 nitrogen and oxygen atoms in total. The molecule has 1 rings (SSSR count). The molecule has 78 valence electrons. The Morgan fingerprint density at radius 1 is 1.29 bits per heavy atom. The molecular formula is C10H14O3S. The summed E-state index contributed by atoms with van der Waals surface area (Å²) in [5.74, 6) is 0.368. The van der Waals surface area contributed by atoms with E-state index in [0.29, 0.717) is 12.2 Å². The lowest BCUT2D eigenvalue weighted by Gasteiger charge is -2.11. The van der Waals surface area contributed by atoms with Crippen molar-refractivity contribution in [3.8, 4) is 5.75 Å². The molecule has 0 N–H and O–H groups in total. The minimum Gasteiger partial charge on any atom is -0.382 e. The van der Waals surface area contributed by atoms with Crippen molar-refractivity contribution in [2.24, 2.45) is 0 Å². The largest absolute Gasteiger partial charge is 0.382 e. The van der Waals surface area contributed by atoms with Crippen LogP contribution in [0.1, 0.15) is 20.3 Å². The highest BCUT2D eigenvalue weighted by Crippen LogP contribution is 2.15. The van der Waals surface area contributed by atoms with Gasteiger partial charge in [0.25, 0.3) is 0 Å². The molecule has 1 atom stereocenters. The molecule has 0 radical (unpaired) electrons. The molecule has 0 aliphatic carbocycles. The molecule has 1 aromatic rings. The minimum atomic E-state index is -3.46. The van der Waals surface area contributed by atoms with Gasteiger partial charge in [0.05, 0.1) is 5.25 Å². The molecule has 1 unspecified atom stereocenters. The number of benzene rings is 1. The molecule has 0 spiro atoms. The van der Waals surface area contributed by atoms with Crippen LogP contribution in [0, 0.1) is 0 Å². The first-order chi connectivity index (χ1) is 6.56. The van der Waals surface area contributed by atoms with Gasteiger partial charge in [-0.15, -0.1) is 0 Å². The molecule has 0 aliphatic heterocycles. The third-order valence-corrected chi connectivity index (χ3v) is 3.77. The van der Waals surface area contributed by atoms with Crippen LogP contribution in [-0.2, 0) is 10.1 Å². The van der Waals surface area contributed by atoms with E-state index in [1.165, 1.54) is 0 Å². The monoisotopic (exact) mass is 214 g/mol. The first-order valence-electron chi connectivity index (χ1n) is 4.54. The van der Waals surface area contributed by atoms with E-state index < -0.39 is 15.4 Å². The zero-order chi connectivity index (χ0) is 10.6. The van der Waals surface area contributed by atoms with Gasteiger partial charge in [-0.25, -0.2) is 0 Å². The smallest absolute Gasteiger partial charge is 0.311 e. The van der Waals surface area contributed by atoms with Crippen molar-refractivity contribution in [2.75, 3.05) is 0 Å². The Bertz CT molecular complexity index is 370. The maximum Gasteiger partial charge on any atom is 0.311 e. The van der Waals surface area contributed by atoms with Gasteiger partial charge in [-0.2, -0.15) is 8.42 Å². The van der Waals surface area contributed by atoms with Crippen LogP contribution in [0.4, 0.5) is 0 Å². The first kappa shape index (κ1) is 11.0. The van der Waals surface area contributed by atoms with Gasteiger partial charge < -0.3 is 4.18 Å². The highest BCUT2D eigenvalue weighted by Gasteiger charge is 2.20. The van der Waals surface area contributed by atoms with Gasteiger partial charge in [0, 0.05) is 0 Å². The number of para-hydroxylation sites is 1. The number of hydrogen-bond acceptors (Lipinski definition) is 3. The fraction of sp³-hybridized carbons (Fsp3) is 0.400. The average Bonchev–Trinajstić information content (AvgIpc) is 2.17. The van der Waals surface area contributed by atoms with Crippen molar-refractivity contribution in [1.82, 2.24) is 0 Å². The van der Waals surface area contributed by atoms with Crippen molar-refractivity contribution < 1.29 is 12.6 Å². The summed E-state index contributed by atoms with van der Waals surface area (Å²) in [6, 6.07) is 8.53. The van der Waals surface area contributed by atoms with E-state index in [1.54, 1.807) is 31.2 Å². The van der Waals surface area contributed by atoms with E-state index in [9.17, 15) is 8.42 Å². The van der Waals surface area contributed by atoms with Gasteiger partial charge in [-0.3, -0.25) is 0 Å². The molecule has 0 saturated carbocycles. The van der Waals surface area contributed by atoms with E-state index in [2.05, 4.69) is 0 Å². The van der Waals surface area contributed by atoms with Crippen LogP contribution >= 0.6 is 0 Å². The fourth-order valence-corrected chi connectivity index (χ4v) is 1.85. The average molecular weight is 214 g/mol. The zero-order valence-electron chi connectivity index (χ0n) is 8.30. The van der Waals surface area contributed by atoms with Crippen LogP contribution in [0.5, 0.6) is 5.75 Å². The van der Waals surface area contributed by atoms with Crippen LogP contribution < -0.4 is 4.18 Å². The fourth-order valence-electron chi connectivity index (χ4n) is 0.896. The molecule has 0 bridgehead atoms. The van der Waals surface area contributed by atoms with Gasteiger partial charge >= 0.3 is 10.1 Å². The molecule has 0 aromatic heterocycles. The van der Waals surface area contributed by atoms with Gasteiger partial charge in [0.2, 0.25) is 0 Å². The van der Waals surface area contributed by atoms with Crippen molar-refractivity contribution >= 4 is 10.1 Å². The molecule has 14 heavy (non-hydrogen) atoms. The Hall–Kier alpha value is -1.03. The van der Waals surface area contributed by atoms with Crippen LogP contribution in [-0.4, -0.2) is 13.7 Å². The predicted molar refractivity (Wildman–Crippen MR) is 55.7 cm³/mol. The highest BCUT2D eigenvalue weighted by molar-refractivity contribution is 7.87. The summed E-state index contributed by atoms with van der Waals surface area (Å²) in [7, 11) is -3.46. The third-order valence-electron chi connectivity index (χ3n) is 2.02. The Labute approximate surface area is 84.8 Å². The molecule has 0 saturated heterocycles. The Kier molecular flexibility index (Phi) is 3.52. The van der Waals surface area contributed by atoms with Crippen LogP contribution in [0.2, 0.25) is 0 Å². The molecule has 0 amide bonds. The first-order valence-corrected chi connectivity index (χ1v) is 6.01. The second-order valence-electron chi connectivity index (χ2n) is 3.11. The van der Waals surface area contributed by atoms with Gasteiger partial charge in [-0.05, 0) is 25.5 Å². The summed E-state index contributed by atoms with van der Waals surface area (Å²) in [6.45, 7) is 3.45. The van der Waals surface area contributed by atoms with Crippen molar-refractivity contribution in [1.29, 1.82) is 0 Å². The summed E-state index contributed by atoms with van der Waals surface area (Å²) in [5.41, 5.74) is 0. The lowest BCUT2D eigenvalue weighted by molar-refractivity contribution is 0.472. The summed E-state index contributed by atoms with van der Waals surface area (Å²) in [4.78, 5) is 0. The van der Waals surface area contributed by atoms with Gasteiger partial charge in [0.1, 0.15) is 5.75 Å². The second-order valence-corrected chi connectivity index (χ2v) is 5.07. The van der Waals surface area contributed by atoms with Gasteiger partial charge in [0.15, 0.2) is 0 Å². The van der Waals surface area contributed by atoms with E-state index in [1.807, 2.05) is 13.0 Å². The van der Waals surface area contributed by atoms with Gasteiger partial charge in [-0.1, -0.05) is 25.1 Å². The maximum atomic E-state index is 11.5. The molecule has 0 heterocycles. The SMILES string of the molecule is CCC(C)S(=O)(=O)Oc1ccccc1. The van der Waals surface area contributed by atoms with Crippen molar-refractivity contribution in [3.63, 3.8) is 0 Å². The maximum absolute atomic E-state index is 11.5. The lowest BCUT2D eigenvalue weighted by atomic mass is 10.3. The Morgan fingerprint density at radius 3 is 2.36 bits per heavy atom. The number of hydrogen-bond donors (Lipinski definition) is 0. The molecule has 0 fully saturated rings. The van der Waals surface area contributed by atoms with Crippen molar-refractivity contribution in [3.05, 3.63) is 30.3 Å². The zero-order valence-corrected chi connectivity index (χ0v) is 9.12. The van der Waals surface area contributed by atoms with E-state index in [0.717, 1.165) is 0 Å². The molecule has 0 aliphatic rings. The normalized spacial score (nSPS) is 13.6. The molecular weight excluding hydrogens is 200 g/mol. The summed E-state index contributed by atoms with van der Waals surface area (Å²) < 4.78 is 27.9. The summed E-state index contributed by atoms with van der Waals surface area (Å²) in [5, 5.41) is -0.470. The Morgan fingerprint density at radius 2 is 1.86 bits per heavy atom. The summed E-state index contributed by atoms with van der Waals surface area (Å²) in [6.07, 6.45) is 0.551. The van der Waals surface area contributed by atoms with E-state index in [4.69, 9.17) is 4.18 Å². The minimum absolute atomic E-state index is 0.368. The summed E-state index contributed by atoms with van der Waals surface area (Å²) >= 11 is 0. The van der Waals surface area contributed by atoms with E-state index in [-0.39, 0.29) is 0 Å². The van der Waals surface area contributed by atoms with E-state index >= 15 is 0 Å². The standard InChI is InChI=1S/C10H14O3S/c1-3-9(2)14(11,12)13-10-7-5-4-6-8-10/h4-9H,3H2,1-2H3. The molecule has 4 heteroatoms. The van der Waals surface area contributed by atoms with Crippen LogP contribution in [0.25, 0.3) is 0 Å². The second kappa shape index (κ2) is 4.46. The number of rotatable bonds is 4.